The highest BCUT2D eigenvalue weighted by Gasteiger charge is 2.32. The summed E-state index contributed by atoms with van der Waals surface area (Å²) in [4.78, 5) is 14.2. The minimum Gasteiger partial charge on any atom is -0.355 e. The summed E-state index contributed by atoms with van der Waals surface area (Å²) in [6, 6.07) is 0. The van der Waals surface area contributed by atoms with E-state index in [1.807, 2.05) is 0 Å². The summed E-state index contributed by atoms with van der Waals surface area (Å²) in [5.41, 5.74) is 0. The lowest BCUT2D eigenvalue weighted by Crippen LogP contribution is -2.38. The number of rotatable bonds is 4. The van der Waals surface area contributed by atoms with Crippen molar-refractivity contribution in [1.29, 1.82) is 0 Å². The van der Waals surface area contributed by atoms with E-state index in [4.69, 9.17) is 0 Å². The molecule has 0 radical (unpaired) electrons. The van der Waals surface area contributed by atoms with Gasteiger partial charge in [-0.05, 0) is 32.4 Å². The number of carbonyl (C=O) groups excluding carboxylic acids is 1. The van der Waals surface area contributed by atoms with E-state index in [9.17, 15) is 13.2 Å². The molecule has 0 aromatic carbocycles. The van der Waals surface area contributed by atoms with Crippen molar-refractivity contribution in [1.82, 2.24) is 10.2 Å². The number of nitrogens with zero attached hydrogens (tertiary/aromatic N) is 1. The van der Waals surface area contributed by atoms with Crippen LogP contribution in [0.2, 0.25) is 0 Å². The van der Waals surface area contributed by atoms with Crippen LogP contribution < -0.4 is 5.32 Å². The summed E-state index contributed by atoms with van der Waals surface area (Å²) >= 11 is 0. The number of amides is 1. The van der Waals surface area contributed by atoms with Gasteiger partial charge >= 0.3 is 0 Å². The molecule has 2 aliphatic rings. The SMILES string of the molecule is O=C(NCCN1CCCCCC1)C1CCS(=O)(=O)C1. The summed E-state index contributed by atoms with van der Waals surface area (Å²) in [7, 11) is -2.96. The highest BCUT2D eigenvalue weighted by Crippen LogP contribution is 2.18. The van der Waals surface area contributed by atoms with Crippen molar-refractivity contribution in [2.45, 2.75) is 32.1 Å². The van der Waals surface area contributed by atoms with E-state index in [0.29, 0.717) is 13.0 Å². The van der Waals surface area contributed by atoms with E-state index in [1.54, 1.807) is 0 Å². The van der Waals surface area contributed by atoms with Gasteiger partial charge in [0.2, 0.25) is 5.91 Å². The molecule has 0 aliphatic carbocycles. The molecule has 5 nitrogen and oxygen atoms in total. The quantitative estimate of drug-likeness (QED) is 0.814. The van der Waals surface area contributed by atoms with Gasteiger partial charge in [0.25, 0.3) is 0 Å². The summed E-state index contributed by atoms with van der Waals surface area (Å²) in [5, 5.41) is 2.89. The number of hydrogen-bond donors (Lipinski definition) is 1. The zero-order valence-electron chi connectivity index (χ0n) is 11.4. The Morgan fingerprint density at radius 3 is 2.42 bits per heavy atom. The Hall–Kier alpha value is -0.620. The molecule has 1 atom stereocenters. The van der Waals surface area contributed by atoms with Gasteiger partial charge in [0.1, 0.15) is 0 Å². The molecule has 2 fully saturated rings. The van der Waals surface area contributed by atoms with Crippen LogP contribution in [0.3, 0.4) is 0 Å². The molecule has 0 spiro atoms. The first-order valence-corrected chi connectivity index (χ1v) is 9.09. The summed E-state index contributed by atoms with van der Waals surface area (Å²) in [5.74, 6) is -0.218. The van der Waals surface area contributed by atoms with Crippen molar-refractivity contribution < 1.29 is 13.2 Å². The van der Waals surface area contributed by atoms with Crippen LogP contribution in [0.15, 0.2) is 0 Å². The van der Waals surface area contributed by atoms with Crippen LogP contribution in [0, 0.1) is 5.92 Å². The topological polar surface area (TPSA) is 66.5 Å². The fourth-order valence-corrected chi connectivity index (χ4v) is 4.58. The molecule has 0 saturated carbocycles. The second-order valence-electron chi connectivity index (χ2n) is 5.65. The van der Waals surface area contributed by atoms with E-state index >= 15 is 0 Å². The highest BCUT2D eigenvalue weighted by molar-refractivity contribution is 7.91. The molecule has 1 amide bonds. The molecule has 0 aromatic rings. The fourth-order valence-electron chi connectivity index (χ4n) is 2.84. The van der Waals surface area contributed by atoms with E-state index in [0.717, 1.165) is 19.6 Å². The maximum atomic E-state index is 11.8. The smallest absolute Gasteiger partial charge is 0.224 e. The van der Waals surface area contributed by atoms with E-state index in [2.05, 4.69) is 10.2 Å². The van der Waals surface area contributed by atoms with Crippen LogP contribution in [0.5, 0.6) is 0 Å². The monoisotopic (exact) mass is 288 g/mol. The lowest BCUT2D eigenvalue weighted by molar-refractivity contribution is -0.124. The zero-order valence-corrected chi connectivity index (χ0v) is 12.3. The molecule has 2 aliphatic heterocycles. The minimum absolute atomic E-state index is 0.0303. The summed E-state index contributed by atoms with van der Waals surface area (Å²) in [6.07, 6.45) is 5.59. The lowest BCUT2D eigenvalue weighted by Gasteiger charge is -2.20. The van der Waals surface area contributed by atoms with Crippen LogP contribution in [-0.4, -0.2) is 56.9 Å². The van der Waals surface area contributed by atoms with Crippen LogP contribution in [-0.2, 0) is 14.6 Å². The number of sulfone groups is 1. The second-order valence-corrected chi connectivity index (χ2v) is 7.88. The molecule has 2 rings (SSSR count). The van der Waals surface area contributed by atoms with Gasteiger partial charge in [0, 0.05) is 13.1 Å². The van der Waals surface area contributed by atoms with Gasteiger partial charge in [0.15, 0.2) is 9.84 Å². The molecule has 0 bridgehead atoms. The van der Waals surface area contributed by atoms with E-state index < -0.39 is 9.84 Å². The lowest BCUT2D eigenvalue weighted by atomic mass is 10.1. The Labute approximate surface area is 115 Å². The molecule has 0 aromatic heterocycles. The Bertz CT molecular complexity index is 400. The van der Waals surface area contributed by atoms with Crippen molar-refractivity contribution in [3.63, 3.8) is 0 Å². The third-order valence-corrected chi connectivity index (χ3v) is 5.80. The van der Waals surface area contributed by atoms with Gasteiger partial charge in [-0.1, -0.05) is 12.8 Å². The molecule has 2 saturated heterocycles. The van der Waals surface area contributed by atoms with Gasteiger partial charge < -0.3 is 10.2 Å². The highest BCUT2D eigenvalue weighted by atomic mass is 32.2. The maximum Gasteiger partial charge on any atom is 0.224 e. The van der Waals surface area contributed by atoms with Crippen molar-refractivity contribution in [2.24, 2.45) is 5.92 Å². The molecule has 1 unspecified atom stereocenters. The van der Waals surface area contributed by atoms with Crippen LogP contribution in [0.4, 0.5) is 0 Å². The molecule has 1 N–H and O–H groups in total. The number of nitrogens with one attached hydrogen (secondary N) is 1. The van der Waals surface area contributed by atoms with Crippen molar-refractivity contribution in [3.8, 4) is 0 Å². The van der Waals surface area contributed by atoms with E-state index in [1.165, 1.54) is 25.7 Å². The Morgan fingerprint density at radius 2 is 1.84 bits per heavy atom. The normalized spacial score (nSPS) is 27.9. The van der Waals surface area contributed by atoms with Gasteiger partial charge in [-0.2, -0.15) is 0 Å². The van der Waals surface area contributed by atoms with Crippen molar-refractivity contribution in [2.75, 3.05) is 37.7 Å². The largest absolute Gasteiger partial charge is 0.355 e. The number of likely N-dealkylation sites (tertiary alicyclic amines) is 1. The van der Waals surface area contributed by atoms with Gasteiger partial charge in [-0.25, -0.2) is 8.42 Å². The standard InChI is InChI=1S/C13H24N2O3S/c16-13(12-5-10-19(17,18)11-12)14-6-9-15-7-3-1-2-4-8-15/h12H,1-11H2,(H,14,16). The Balaban J connectivity index is 1.66. The molecular weight excluding hydrogens is 264 g/mol. The second kappa shape index (κ2) is 6.70. The zero-order chi connectivity index (χ0) is 13.7. The Kier molecular flexibility index (Phi) is 5.21. The van der Waals surface area contributed by atoms with E-state index in [-0.39, 0.29) is 23.3 Å². The summed E-state index contributed by atoms with van der Waals surface area (Å²) in [6.45, 7) is 3.75. The third kappa shape index (κ3) is 4.76. The molecular formula is C13H24N2O3S. The predicted octanol–water partition coefficient (Wildman–Crippen LogP) is 0.413. The predicted molar refractivity (Wildman–Crippen MR) is 74.7 cm³/mol. The van der Waals surface area contributed by atoms with Crippen molar-refractivity contribution >= 4 is 15.7 Å². The first kappa shape index (κ1) is 14.8. The first-order chi connectivity index (χ1) is 9.07. The average molecular weight is 288 g/mol. The summed E-state index contributed by atoms with van der Waals surface area (Å²) < 4.78 is 22.6. The minimum atomic E-state index is -2.96. The maximum absolute atomic E-state index is 11.8. The average Bonchev–Trinajstić information content (AvgIpc) is 2.59. The number of hydrogen-bond acceptors (Lipinski definition) is 4. The van der Waals surface area contributed by atoms with Crippen LogP contribution in [0.25, 0.3) is 0 Å². The van der Waals surface area contributed by atoms with Gasteiger partial charge in [0.05, 0.1) is 17.4 Å². The molecule has 110 valence electrons. The molecule has 6 heteroatoms. The van der Waals surface area contributed by atoms with Crippen LogP contribution >= 0.6 is 0 Å². The molecule has 2 heterocycles. The van der Waals surface area contributed by atoms with Crippen molar-refractivity contribution in [3.05, 3.63) is 0 Å². The van der Waals surface area contributed by atoms with Gasteiger partial charge in [-0.3, -0.25) is 4.79 Å². The third-order valence-electron chi connectivity index (χ3n) is 4.03. The fraction of sp³-hybridized carbons (Fsp3) is 0.923. The van der Waals surface area contributed by atoms with Crippen LogP contribution in [0.1, 0.15) is 32.1 Å². The Morgan fingerprint density at radius 1 is 1.16 bits per heavy atom. The number of carbonyl (C=O) groups is 1. The molecule has 19 heavy (non-hydrogen) atoms. The first-order valence-electron chi connectivity index (χ1n) is 7.27. The van der Waals surface area contributed by atoms with Gasteiger partial charge in [-0.15, -0.1) is 0 Å².